The Morgan fingerprint density at radius 3 is 2.67 bits per heavy atom. The molecule has 0 fully saturated rings. The van der Waals surface area contributed by atoms with Crippen molar-refractivity contribution in [1.29, 1.82) is 0 Å². The maximum absolute atomic E-state index is 12.4. The summed E-state index contributed by atoms with van der Waals surface area (Å²) in [5, 5.41) is 8.44. The highest BCUT2D eigenvalue weighted by atomic mass is 19.4. The summed E-state index contributed by atoms with van der Waals surface area (Å²) in [5.41, 5.74) is 3.71. The van der Waals surface area contributed by atoms with Crippen LogP contribution in [0.25, 0.3) is 6.08 Å². The number of hydrogen-bond acceptors (Lipinski definition) is 4. The number of rotatable bonds is 2. The first-order valence-corrected chi connectivity index (χ1v) is 3.92. The van der Waals surface area contributed by atoms with Gasteiger partial charge in [0.05, 0.1) is 6.61 Å². The number of nitrogens with zero attached hydrogens (tertiary/aromatic N) is 2. The van der Waals surface area contributed by atoms with E-state index in [0.29, 0.717) is 0 Å². The van der Waals surface area contributed by atoms with Crippen LogP contribution in [0.2, 0.25) is 0 Å². The van der Waals surface area contributed by atoms with Gasteiger partial charge in [-0.15, -0.1) is 0 Å². The summed E-state index contributed by atoms with van der Waals surface area (Å²) < 4.78 is 37.2. The smallest absolute Gasteiger partial charge is 0.392 e. The van der Waals surface area contributed by atoms with Crippen LogP contribution in [0.5, 0.6) is 0 Å². The molecule has 0 aliphatic rings. The van der Waals surface area contributed by atoms with Crippen LogP contribution in [0.3, 0.4) is 0 Å². The van der Waals surface area contributed by atoms with Crippen LogP contribution in [0, 0.1) is 0 Å². The van der Waals surface area contributed by atoms with Crippen molar-refractivity contribution in [3.05, 3.63) is 23.5 Å². The van der Waals surface area contributed by atoms with Crippen molar-refractivity contribution in [3.63, 3.8) is 0 Å². The van der Waals surface area contributed by atoms with Crippen LogP contribution < -0.4 is 5.73 Å². The van der Waals surface area contributed by atoms with E-state index in [4.69, 9.17) is 10.8 Å². The van der Waals surface area contributed by atoms with E-state index in [2.05, 4.69) is 9.97 Å². The lowest BCUT2D eigenvalue weighted by atomic mass is 10.2. The lowest BCUT2D eigenvalue weighted by molar-refractivity contribution is -0.141. The highest BCUT2D eigenvalue weighted by Crippen LogP contribution is 2.30. The molecule has 0 radical (unpaired) electrons. The molecule has 0 amide bonds. The molecule has 0 atom stereocenters. The second-order valence-electron chi connectivity index (χ2n) is 2.61. The van der Waals surface area contributed by atoms with Gasteiger partial charge in [0.1, 0.15) is 0 Å². The Morgan fingerprint density at radius 1 is 1.47 bits per heavy atom. The molecule has 15 heavy (non-hydrogen) atoms. The highest BCUT2D eigenvalue weighted by Gasteiger charge is 2.35. The van der Waals surface area contributed by atoms with Gasteiger partial charge in [-0.2, -0.15) is 13.2 Å². The third-order valence-electron chi connectivity index (χ3n) is 1.51. The number of aliphatic hydroxyl groups is 1. The molecule has 0 aromatic carbocycles. The minimum atomic E-state index is -4.59. The largest absolute Gasteiger partial charge is 0.434 e. The second kappa shape index (κ2) is 4.26. The van der Waals surface area contributed by atoms with Crippen molar-refractivity contribution in [2.24, 2.45) is 0 Å². The lowest BCUT2D eigenvalue weighted by Gasteiger charge is -2.08. The van der Waals surface area contributed by atoms with Crippen molar-refractivity contribution in [1.82, 2.24) is 9.97 Å². The Balaban J connectivity index is 3.21. The monoisotopic (exact) mass is 219 g/mol. The fraction of sp³-hybridized carbons (Fsp3) is 0.250. The molecular formula is C8H8F3N3O. The molecule has 0 saturated carbocycles. The molecule has 0 bridgehead atoms. The number of alkyl halides is 3. The summed E-state index contributed by atoms with van der Waals surface area (Å²) in [6, 6.07) is 0. The zero-order chi connectivity index (χ0) is 11.5. The normalized spacial score (nSPS) is 12.3. The number of anilines is 1. The van der Waals surface area contributed by atoms with E-state index in [-0.39, 0.29) is 12.2 Å². The number of aliphatic hydroxyl groups excluding tert-OH is 1. The predicted octanol–water partition coefficient (Wildman–Crippen LogP) is 1.08. The summed E-state index contributed by atoms with van der Waals surface area (Å²) in [6.07, 6.45) is -1.39. The van der Waals surface area contributed by atoms with Crippen molar-refractivity contribution in [2.45, 2.75) is 6.18 Å². The number of halogens is 3. The van der Waals surface area contributed by atoms with E-state index in [1.807, 2.05) is 0 Å². The summed E-state index contributed by atoms with van der Waals surface area (Å²) in [5.74, 6) is -0.441. The summed E-state index contributed by atoms with van der Waals surface area (Å²) >= 11 is 0. The lowest BCUT2D eigenvalue weighted by Crippen LogP contribution is -2.12. The third kappa shape index (κ3) is 2.91. The molecule has 0 aliphatic heterocycles. The Morgan fingerprint density at radius 2 is 2.13 bits per heavy atom. The third-order valence-corrected chi connectivity index (χ3v) is 1.51. The van der Waals surface area contributed by atoms with Crippen LogP contribution in [0.15, 0.2) is 12.3 Å². The summed E-state index contributed by atoms with van der Waals surface area (Å²) in [7, 11) is 0. The number of hydrogen-bond donors (Lipinski definition) is 2. The minimum absolute atomic E-state index is 0.231. The van der Waals surface area contributed by atoms with Crippen molar-refractivity contribution in [2.75, 3.05) is 12.3 Å². The average molecular weight is 219 g/mol. The number of nitrogen functional groups attached to an aromatic ring is 1. The molecule has 4 nitrogen and oxygen atoms in total. The first-order chi connectivity index (χ1) is 6.95. The first kappa shape index (κ1) is 11.4. The van der Waals surface area contributed by atoms with Gasteiger partial charge in [0.25, 0.3) is 0 Å². The predicted molar refractivity (Wildman–Crippen MR) is 47.6 cm³/mol. The molecule has 0 unspecified atom stereocenters. The SMILES string of the molecule is Nc1ncc(C=CCO)c(C(F)(F)F)n1. The van der Waals surface area contributed by atoms with Crippen molar-refractivity contribution < 1.29 is 18.3 Å². The fourth-order valence-corrected chi connectivity index (χ4v) is 0.933. The van der Waals surface area contributed by atoms with E-state index in [9.17, 15) is 13.2 Å². The van der Waals surface area contributed by atoms with Gasteiger partial charge < -0.3 is 10.8 Å². The number of nitrogens with two attached hydrogens (primary N) is 1. The van der Waals surface area contributed by atoms with Gasteiger partial charge in [-0.25, -0.2) is 9.97 Å². The standard InChI is InChI=1S/C8H8F3N3O/c9-8(10,11)6-5(2-1-3-15)4-13-7(12)14-6/h1-2,4,15H,3H2,(H2,12,13,14). The van der Waals surface area contributed by atoms with Gasteiger partial charge in [0.15, 0.2) is 5.69 Å². The van der Waals surface area contributed by atoms with Gasteiger partial charge in [-0.05, 0) is 0 Å². The maximum atomic E-state index is 12.4. The van der Waals surface area contributed by atoms with Crippen LogP contribution >= 0.6 is 0 Å². The van der Waals surface area contributed by atoms with Crippen LogP contribution in [0.4, 0.5) is 19.1 Å². The van der Waals surface area contributed by atoms with Gasteiger partial charge in [0, 0.05) is 11.8 Å². The molecule has 1 aromatic heterocycles. The average Bonchev–Trinajstić information content (AvgIpc) is 2.14. The molecule has 3 N–H and O–H groups in total. The fourth-order valence-electron chi connectivity index (χ4n) is 0.933. The highest BCUT2D eigenvalue weighted by molar-refractivity contribution is 5.52. The van der Waals surface area contributed by atoms with E-state index in [1.54, 1.807) is 0 Å². The zero-order valence-corrected chi connectivity index (χ0v) is 7.49. The van der Waals surface area contributed by atoms with Crippen molar-refractivity contribution >= 4 is 12.0 Å². The summed E-state index contributed by atoms with van der Waals surface area (Å²) in [6.45, 7) is -0.359. The van der Waals surface area contributed by atoms with Gasteiger partial charge in [-0.1, -0.05) is 12.2 Å². The molecule has 0 saturated heterocycles. The Labute approximate surface area is 83.3 Å². The van der Waals surface area contributed by atoms with Gasteiger partial charge in [-0.3, -0.25) is 0 Å². The van der Waals surface area contributed by atoms with Gasteiger partial charge >= 0.3 is 6.18 Å². The number of aromatic nitrogens is 2. The zero-order valence-electron chi connectivity index (χ0n) is 7.49. The van der Waals surface area contributed by atoms with E-state index in [0.717, 1.165) is 18.3 Å². The second-order valence-corrected chi connectivity index (χ2v) is 2.61. The van der Waals surface area contributed by atoms with Crippen molar-refractivity contribution in [3.8, 4) is 0 Å². The molecule has 0 aliphatic carbocycles. The van der Waals surface area contributed by atoms with E-state index >= 15 is 0 Å². The topological polar surface area (TPSA) is 72.0 Å². The summed E-state index contributed by atoms with van der Waals surface area (Å²) in [4.78, 5) is 6.55. The minimum Gasteiger partial charge on any atom is -0.392 e. The van der Waals surface area contributed by atoms with Crippen LogP contribution in [0.1, 0.15) is 11.3 Å². The molecule has 1 aromatic rings. The van der Waals surface area contributed by atoms with E-state index in [1.165, 1.54) is 0 Å². The van der Waals surface area contributed by atoms with E-state index < -0.39 is 17.8 Å². The maximum Gasteiger partial charge on any atom is 0.434 e. The quantitative estimate of drug-likeness (QED) is 0.780. The molecule has 1 rings (SSSR count). The molecule has 0 spiro atoms. The molecule has 7 heteroatoms. The van der Waals surface area contributed by atoms with Crippen LogP contribution in [-0.2, 0) is 6.18 Å². The molecule has 1 heterocycles. The Bertz CT molecular complexity index is 376. The van der Waals surface area contributed by atoms with Gasteiger partial charge in [0.2, 0.25) is 5.95 Å². The Kier molecular flexibility index (Phi) is 3.25. The molecular weight excluding hydrogens is 211 g/mol. The first-order valence-electron chi connectivity index (χ1n) is 3.92. The van der Waals surface area contributed by atoms with Crippen LogP contribution in [-0.4, -0.2) is 21.7 Å². The Hall–Kier alpha value is -1.63. The molecule has 82 valence electrons.